The first-order valence-electron chi connectivity index (χ1n) is 17.7. The van der Waals surface area contributed by atoms with Crippen molar-refractivity contribution in [2.24, 2.45) is 10.9 Å². The smallest absolute Gasteiger partial charge is 0.130 e. The zero-order valence-corrected chi connectivity index (χ0v) is 28.6. The van der Waals surface area contributed by atoms with Crippen LogP contribution in [-0.2, 0) is 12.8 Å². The molecule has 0 amide bonds. The Morgan fingerprint density at radius 2 is 1.22 bits per heavy atom. The van der Waals surface area contributed by atoms with E-state index in [4.69, 9.17) is 9.97 Å². The van der Waals surface area contributed by atoms with Crippen molar-refractivity contribution in [2.45, 2.75) is 26.2 Å². The Hall–Kier alpha value is -6.33. The fraction of sp³-hybridized carbons (Fsp3) is 0.109. The second-order valence-electron chi connectivity index (χ2n) is 13.3. The van der Waals surface area contributed by atoms with Crippen LogP contribution in [0.4, 0.5) is 0 Å². The van der Waals surface area contributed by atoms with Crippen LogP contribution in [-0.4, -0.2) is 25.3 Å². The third-order valence-electron chi connectivity index (χ3n) is 10.0. The topological polar surface area (TPSA) is 48.0 Å². The van der Waals surface area contributed by atoms with Gasteiger partial charge in [0.15, 0.2) is 0 Å². The summed E-state index contributed by atoms with van der Waals surface area (Å²) < 4.78 is 4.79. The maximum Gasteiger partial charge on any atom is 0.130 e. The van der Waals surface area contributed by atoms with Gasteiger partial charge in [-0.15, -0.1) is 0 Å². The van der Waals surface area contributed by atoms with E-state index in [1.54, 1.807) is 6.20 Å². The minimum Gasteiger partial charge on any atom is -0.309 e. The van der Waals surface area contributed by atoms with Gasteiger partial charge in [0.1, 0.15) is 5.82 Å². The molecule has 0 bridgehead atoms. The van der Waals surface area contributed by atoms with Crippen LogP contribution in [0.2, 0.25) is 0 Å². The van der Waals surface area contributed by atoms with Crippen molar-refractivity contribution in [2.75, 3.05) is 0 Å². The lowest BCUT2D eigenvalue weighted by Crippen LogP contribution is -2.08. The second kappa shape index (κ2) is 12.8. The van der Waals surface area contributed by atoms with Gasteiger partial charge in [0.2, 0.25) is 0 Å². The molecule has 9 rings (SSSR count). The van der Waals surface area contributed by atoms with Gasteiger partial charge in [-0.25, -0.2) is 9.97 Å². The number of fused-ring (bicyclic) bond motifs is 6. The molecule has 0 radical (unpaired) electrons. The number of hydrogen-bond donors (Lipinski definition) is 0. The van der Waals surface area contributed by atoms with Crippen LogP contribution in [0, 0.1) is 5.92 Å². The van der Waals surface area contributed by atoms with Crippen molar-refractivity contribution in [1.29, 1.82) is 0 Å². The summed E-state index contributed by atoms with van der Waals surface area (Å²) in [4.78, 5) is 14.9. The highest BCUT2D eigenvalue weighted by atomic mass is 15.0. The highest BCUT2D eigenvalue weighted by Crippen LogP contribution is 2.39. The summed E-state index contributed by atoms with van der Waals surface area (Å²) in [6.07, 6.45) is 10.8. The predicted octanol–water partition coefficient (Wildman–Crippen LogP) is 11.2. The van der Waals surface area contributed by atoms with Gasteiger partial charge in [-0.2, -0.15) is 0 Å². The number of hydrogen-bond acceptors (Lipinski definition) is 3. The van der Waals surface area contributed by atoms with Crippen molar-refractivity contribution < 1.29 is 0 Å². The van der Waals surface area contributed by atoms with Crippen LogP contribution < -0.4 is 0 Å². The average Bonchev–Trinajstić information content (AvgIpc) is 3.70. The summed E-state index contributed by atoms with van der Waals surface area (Å²) >= 11 is 0. The summed E-state index contributed by atoms with van der Waals surface area (Å²) in [5.41, 5.74) is 12.3. The molecule has 51 heavy (non-hydrogen) atoms. The SMILES string of the molecule is C=CN=CC(C)Cc1nc(-c2ccccc2-n2c3c(c4ccccc42)CCC=C3)cc(-c2ccccc2-n2c3ccccc3c3ccccc32)n1. The van der Waals surface area contributed by atoms with E-state index in [0.717, 1.165) is 63.6 Å². The number of benzene rings is 5. The van der Waals surface area contributed by atoms with Crippen LogP contribution in [0.5, 0.6) is 0 Å². The van der Waals surface area contributed by atoms with Crippen molar-refractivity contribution >= 4 is 45.0 Å². The molecule has 3 heterocycles. The molecule has 1 atom stereocenters. The zero-order chi connectivity index (χ0) is 34.3. The third-order valence-corrected chi connectivity index (χ3v) is 10.0. The Morgan fingerprint density at radius 3 is 1.84 bits per heavy atom. The molecule has 1 aliphatic carbocycles. The molecule has 246 valence electrons. The molecule has 0 aliphatic heterocycles. The van der Waals surface area contributed by atoms with Crippen molar-refractivity contribution in [3.05, 3.63) is 163 Å². The predicted molar refractivity (Wildman–Crippen MR) is 213 cm³/mol. The number of nitrogens with zero attached hydrogens (tertiary/aromatic N) is 5. The Bertz CT molecular complexity index is 2620. The number of rotatable bonds is 8. The lowest BCUT2D eigenvalue weighted by atomic mass is 10.0. The number of aryl methyl sites for hydroxylation is 1. The molecule has 1 unspecified atom stereocenters. The second-order valence-corrected chi connectivity index (χ2v) is 13.3. The summed E-state index contributed by atoms with van der Waals surface area (Å²) in [6, 6.07) is 45.5. The zero-order valence-electron chi connectivity index (χ0n) is 28.6. The minimum atomic E-state index is 0.125. The molecular formula is C46H37N5. The maximum atomic E-state index is 5.30. The lowest BCUT2D eigenvalue weighted by Gasteiger charge is -2.18. The van der Waals surface area contributed by atoms with Crippen LogP contribution in [0.1, 0.15) is 30.4 Å². The number of aliphatic imine (C=N–C) groups is 1. The first-order chi connectivity index (χ1) is 25.2. The van der Waals surface area contributed by atoms with Gasteiger partial charge in [-0.3, -0.25) is 4.99 Å². The van der Waals surface area contributed by atoms with Gasteiger partial charge in [0, 0.05) is 51.8 Å². The summed E-state index contributed by atoms with van der Waals surface area (Å²) in [6.45, 7) is 5.92. The van der Waals surface area contributed by atoms with E-state index in [0.29, 0.717) is 6.42 Å². The van der Waals surface area contributed by atoms with Gasteiger partial charge in [-0.05, 0) is 66.8 Å². The van der Waals surface area contributed by atoms with Crippen molar-refractivity contribution in [1.82, 2.24) is 19.1 Å². The van der Waals surface area contributed by atoms with E-state index in [1.807, 2.05) is 6.21 Å². The lowest BCUT2D eigenvalue weighted by molar-refractivity contribution is 0.736. The van der Waals surface area contributed by atoms with Crippen LogP contribution in [0.3, 0.4) is 0 Å². The van der Waals surface area contributed by atoms with Gasteiger partial charge in [-0.1, -0.05) is 111 Å². The normalized spacial score (nSPS) is 13.4. The molecule has 0 N–H and O–H groups in total. The molecule has 1 aliphatic rings. The van der Waals surface area contributed by atoms with Crippen LogP contribution >= 0.6 is 0 Å². The highest BCUT2D eigenvalue weighted by Gasteiger charge is 2.22. The van der Waals surface area contributed by atoms with Gasteiger partial charge >= 0.3 is 0 Å². The Labute approximate surface area is 297 Å². The van der Waals surface area contributed by atoms with Gasteiger partial charge in [0.05, 0.1) is 39.3 Å². The molecule has 8 aromatic rings. The Morgan fingerprint density at radius 1 is 0.686 bits per heavy atom. The molecule has 5 heteroatoms. The Balaban J connectivity index is 1.28. The molecule has 3 aromatic heterocycles. The molecular weight excluding hydrogens is 623 g/mol. The quantitative estimate of drug-likeness (QED) is 0.152. The molecule has 0 saturated heterocycles. The monoisotopic (exact) mass is 659 g/mol. The highest BCUT2D eigenvalue weighted by molar-refractivity contribution is 6.09. The van der Waals surface area contributed by atoms with E-state index in [9.17, 15) is 0 Å². The van der Waals surface area contributed by atoms with Crippen LogP contribution in [0.25, 0.3) is 72.7 Å². The fourth-order valence-corrected chi connectivity index (χ4v) is 7.81. The largest absolute Gasteiger partial charge is 0.309 e. The van der Waals surface area contributed by atoms with E-state index >= 15 is 0 Å². The van der Waals surface area contributed by atoms with E-state index < -0.39 is 0 Å². The Kier molecular flexibility index (Phi) is 7.74. The number of aromatic nitrogens is 4. The molecule has 0 spiro atoms. The molecule has 0 saturated carbocycles. The average molecular weight is 660 g/mol. The number of allylic oxidation sites excluding steroid dienone is 1. The van der Waals surface area contributed by atoms with Crippen molar-refractivity contribution in [3.63, 3.8) is 0 Å². The minimum absolute atomic E-state index is 0.125. The van der Waals surface area contributed by atoms with Crippen LogP contribution in [0.15, 0.2) is 151 Å². The van der Waals surface area contributed by atoms with Crippen molar-refractivity contribution in [3.8, 4) is 33.9 Å². The van der Waals surface area contributed by atoms with E-state index in [1.165, 1.54) is 32.9 Å². The number of para-hydroxylation sites is 5. The molecule has 5 nitrogen and oxygen atoms in total. The maximum absolute atomic E-state index is 5.30. The summed E-state index contributed by atoms with van der Waals surface area (Å²) in [5.74, 6) is 0.899. The fourth-order valence-electron chi connectivity index (χ4n) is 7.81. The standard InChI is InChI=1S/C46H37N5/c1-3-47-30-31(2)28-46-48-38(36-20-8-14-26-44(36)50-40-22-10-4-16-32(40)33-17-5-11-23-41(33)50)29-39(49-46)37-21-9-15-27-45(37)51-42-24-12-6-18-34(42)35-19-7-13-25-43(35)51/h3-6,8-18,20-27,29-31H,1,7,19,28H2,2H3. The van der Waals surface area contributed by atoms with Gasteiger partial charge in [0.25, 0.3) is 0 Å². The first-order valence-corrected chi connectivity index (χ1v) is 17.7. The molecule has 0 fully saturated rings. The molecule has 5 aromatic carbocycles. The van der Waals surface area contributed by atoms with E-state index in [2.05, 4.69) is 167 Å². The van der Waals surface area contributed by atoms with E-state index in [-0.39, 0.29) is 5.92 Å². The third kappa shape index (κ3) is 5.29. The first kappa shape index (κ1) is 30.7. The summed E-state index contributed by atoms with van der Waals surface area (Å²) in [5, 5.41) is 3.77. The summed E-state index contributed by atoms with van der Waals surface area (Å²) in [7, 11) is 0. The van der Waals surface area contributed by atoms with Gasteiger partial charge < -0.3 is 9.13 Å².